The van der Waals surface area contributed by atoms with Gasteiger partial charge in [0.25, 0.3) is 0 Å². The van der Waals surface area contributed by atoms with E-state index in [2.05, 4.69) is 16.0 Å². The zero-order valence-electron chi connectivity index (χ0n) is 8.67. The predicted molar refractivity (Wildman–Crippen MR) is 65.3 cm³/mol. The summed E-state index contributed by atoms with van der Waals surface area (Å²) in [6.07, 6.45) is 1.50. The molecule has 0 spiro atoms. The Morgan fingerprint density at radius 2 is 2.18 bits per heavy atom. The van der Waals surface area contributed by atoms with Gasteiger partial charge in [0.2, 0.25) is 0 Å². The maximum Gasteiger partial charge on any atom is 0.132 e. The summed E-state index contributed by atoms with van der Waals surface area (Å²) in [6, 6.07) is 11.3. The molecule has 0 fully saturated rings. The zero-order chi connectivity index (χ0) is 11.8. The number of aromatic nitrogens is 2. The number of hydrogen-bond donors (Lipinski definition) is 1. The fourth-order valence-electron chi connectivity index (χ4n) is 1.78. The molecule has 0 aliphatic heterocycles. The summed E-state index contributed by atoms with van der Waals surface area (Å²) >= 11 is 5.81. The summed E-state index contributed by atoms with van der Waals surface area (Å²) in [5, 5.41) is 0.946. The van der Waals surface area contributed by atoms with Crippen molar-refractivity contribution in [1.29, 1.82) is 0 Å². The quantitative estimate of drug-likeness (QED) is 0.649. The average Bonchev–Trinajstić information content (AvgIpc) is 2.74. The highest BCUT2D eigenvalue weighted by Gasteiger charge is 2.07. The van der Waals surface area contributed by atoms with Crippen LogP contribution in [-0.4, -0.2) is 9.97 Å². The third kappa shape index (κ3) is 1.78. The van der Waals surface area contributed by atoms with Gasteiger partial charge in [-0.1, -0.05) is 17.7 Å². The second-order valence-electron chi connectivity index (χ2n) is 3.67. The van der Waals surface area contributed by atoms with Gasteiger partial charge >= 0.3 is 0 Å². The molecule has 1 N–H and O–H groups in total. The van der Waals surface area contributed by atoms with E-state index in [0.717, 1.165) is 16.8 Å². The molecule has 2 nitrogen and oxygen atoms in total. The van der Waals surface area contributed by atoms with E-state index in [1.165, 1.54) is 12.3 Å². The monoisotopic (exact) mass is 245 g/mol. The molecule has 83 valence electrons. The average molecular weight is 246 g/mol. The highest BCUT2D eigenvalue weighted by Crippen LogP contribution is 2.26. The number of nitrogens with zero attached hydrogens (tertiary/aromatic N) is 1. The van der Waals surface area contributed by atoms with Gasteiger partial charge in [0.15, 0.2) is 0 Å². The Labute approximate surface area is 102 Å². The van der Waals surface area contributed by atoms with Crippen molar-refractivity contribution in [1.82, 2.24) is 9.97 Å². The molecular weight excluding hydrogens is 239 g/mol. The van der Waals surface area contributed by atoms with E-state index in [1.54, 1.807) is 18.2 Å². The Morgan fingerprint density at radius 1 is 1.29 bits per heavy atom. The Morgan fingerprint density at radius 3 is 2.94 bits per heavy atom. The number of aromatic amines is 1. The molecule has 1 radical (unpaired) electrons. The molecule has 0 amide bonds. The third-order valence-corrected chi connectivity index (χ3v) is 2.78. The third-order valence-electron chi connectivity index (χ3n) is 2.57. The first-order chi connectivity index (χ1) is 8.24. The van der Waals surface area contributed by atoms with Crippen molar-refractivity contribution in [2.45, 2.75) is 0 Å². The van der Waals surface area contributed by atoms with E-state index in [9.17, 15) is 4.39 Å². The van der Waals surface area contributed by atoms with Crippen molar-refractivity contribution in [3.05, 3.63) is 53.6 Å². The van der Waals surface area contributed by atoms with E-state index in [-0.39, 0.29) is 5.82 Å². The fraction of sp³-hybridized carbons (Fsp3) is 0. The minimum atomic E-state index is -0.245. The second-order valence-corrected chi connectivity index (χ2v) is 4.05. The lowest BCUT2D eigenvalue weighted by atomic mass is 10.2. The van der Waals surface area contributed by atoms with Crippen molar-refractivity contribution in [2.24, 2.45) is 0 Å². The van der Waals surface area contributed by atoms with Gasteiger partial charge in [0, 0.05) is 34.4 Å². The molecule has 17 heavy (non-hydrogen) atoms. The van der Waals surface area contributed by atoms with Crippen molar-refractivity contribution < 1.29 is 4.39 Å². The number of fused-ring (bicyclic) bond motifs is 1. The number of nitrogens with one attached hydrogen (secondary N) is 1. The summed E-state index contributed by atoms with van der Waals surface area (Å²) < 4.78 is 13.5. The molecule has 0 bridgehead atoms. The highest BCUT2D eigenvalue weighted by molar-refractivity contribution is 6.29. The lowest BCUT2D eigenvalue weighted by molar-refractivity contribution is 0.640. The number of hydrogen-bond acceptors (Lipinski definition) is 1. The normalized spacial score (nSPS) is 10.9. The Balaban J connectivity index is 2.22. The van der Waals surface area contributed by atoms with Crippen molar-refractivity contribution in [2.75, 3.05) is 0 Å². The first-order valence-electron chi connectivity index (χ1n) is 5.05. The number of benzene rings is 1. The smallest absolute Gasteiger partial charge is 0.132 e. The largest absolute Gasteiger partial charge is 0.354 e. The first-order valence-corrected chi connectivity index (χ1v) is 5.43. The molecule has 0 aliphatic rings. The summed E-state index contributed by atoms with van der Waals surface area (Å²) in [6.45, 7) is 0. The minimum Gasteiger partial charge on any atom is -0.354 e. The van der Waals surface area contributed by atoms with Crippen molar-refractivity contribution >= 4 is 22.5 Å². The van der Waals surface area contributed by atoms with Crippen LogP contribution in [0.2, 0.25) is 5.15 Å². The van der Waals surface area contributed by atoms with Gasteiger partial charge in [-0.3, -0.25) is 0 Å². The van der Waals surface area contributed by atoms with Gasteiger partial charge in [0.05, 0.1) is 0 Å². The highest BCUT2D eigenvalue weighted by atomic mass is 35.5. The van der Waals surface area contributed by atoms with E-state index >= 15 is 0 Å². The maximum atomic E-state index is 13.5. The molecular formula is C13H7ClFN2. The van der Waals surface area contributed by atoms with Crippen LogP contribution in [0, 0.1) is 11.9 Å². The number of H-pyrrole nitrogens is 1. The number of pyridine rings is 1. The minimum absolute atomic E-state index is 0.245. The van der Waals surface area contributed by atoms with Crippen molar-refractivity contribution in [3.8, 4) is 11.3 Å². The maximum absolute atomic E-state index is 13.5. The molecule has 4 heteroatoms. The molecule has 0 aliphatic carbocycles. The SMILES string of the molecule is Fc1cccc2[nH]c(-c3[c]cnc(Cl)c3)cc12. The molecule has 1 aromatic carbocycles. The Bertz CT molecular complexity index is 691. The van der Waals surface area contributed by atoms with Gasteiger partial charge < -0.3 is 4.98 Å². The van der Waals surface area contributed by atoms with Crippen molar-refractivity contribution in [3.63, 3.8) is 0 Å². The first kappa shape index (κ1) is 10.3. The Kier molecular flexibility index (Phi) is 2.34. The van der Waals surface area contributed by atoms with Crippen LogP contribution in [0.15, 0.2) is 36.5 Å². The van der Waals surface area contributed by atoms with E-state index in [0.29, 0.717) is 10.5 Å². The van der Waals surface area contributed by atoms with Crippen LogP contribution in [0.25, 0.3) is 22.2 Å². The van der Waals surface area contributed by atoms with Gasteiger partial charge in [0.1, 0.15) is 11.0 Å². The Hall–Kier alpha value is -1.87. The molecule has 3 aromatic rings. The molecule has 0 atom stereocenters. The zero-order valence-corrected chi connectivity index (χ0v) is 9.42. The summed E-state index contributed by atoms with van der Waals surface area (Å²) in [5.74, 6) is -0.245. The molecule has 0 saturated carbocycles. The van der Waals surface area contributed by atoms with Crippen LogP contribution < -0.4 is 0 Å². The van der Waals surface area contributed by atoms with E-state index in [4.69, 9.17) is 11.6 Å². The van der Waals surface area contributed by atoms with E-state index < -0.39 is 0 Å². The molecule has 0 saturated heterocycles. The summed E-state index contributed by atoms with van der Waals surface area (Å²) in [4.78, 5) is 6.98. The van der Waals surface area contributed by atoms with Gasteiger partial charge in [-0.05, 0) is 24.3 Å². The van der Waals surface area contributed by atoms with Crippen LogP contribution in [0.1, 0.15) is 0 Å². The van der Waals surface area contributed by atoms with Gasteiger partial charge in [-0.2, -0.15) is 0 Å². The van der Waals surface area contributed by atoms with Crippen LogP contribution in [0.5, 0.6) is 0 Å². The van der Waals surface area contributed by atoms with Gasteiger partial charge in [-0.25, -0.2) is 9.37 Å². The number of rotatable bonds is 1. The van der Waals surface area contributed by atoms with Crippen LogP contribution in [0.4, 0.5) is 4.39 Å². The summed E-state index contributed by atoms with van der Waals surface area (Å²) in [7, 11) is 0. The van der Waals surface area contributed by atoms with Crippen LogP contribution in [0.3, 0.4) is 0 Å². The lowest BCUT2D eigenvalue weighted by Gasteiger charge is -1.96. The molecule has 2 heterocycles. The van der Waals surface area contributed by atoms with Crippen LogP contribution in [-0.2, 0) is 0 Å². The standard InChI is InChI=1S/C13H7ClFN2/c14-13-6-8(4-5-16-13)12-7-9-10(15)2-1-3-11(9)17-12/h1-3,5-7,17H. The fourth-order valence-corrected chi connectivity index (χ4v) is 1.94. The van der Waals surface area contributed by atoms with E-state index in [1.807, 2.05) is 6.07 Å². The van der Waals surface area contributed by atoms with Crippen LogP contribution >= 0.6 is 11.6 Å². The predicted octanol–water partition coefficient (Wildman–Crippen LogP) is 3.82. The topological polar surface area (TPSA) is 28.7 Å². The van der Waals surface area contributed by atoms with Gasteiger partial charge in [-0.15, -0.1) is 0 Å². The summed E-state index contributed by atoms with van der Waals surface area (Å²) in [5.41, 5.74) is 2.29. The molecule has 2 aromatic heterocycles. The lowest BCUT2D eigenvalue weighted by Crippen LogP contribution is -1.79. The molecule has 0 unspecified atom stereocenters. The number of halogens is 2. The second kappa shape index (κ2) is 3.86. The molecule has 3 rings (SSSR count).